The van der Waals surface area contributed by atoms with Crippen molar-refractivity contribution in [3.05, 3.63) is 0 Å². The molecule has 0 unspecified atom stereocenters. The van der Waals surface area contributed by atoms with E-state index in [-0.39, 0.29) is 0 Å². The van der Waals surface area contributed by atoms with Crippen LogP contribution >= 0.6 is 0 Å². The van der Waals surface area contributed by atoms with Crippen LogP contribution in [0.4, 0.5) is 0 Å². The molecule has 2 rings (SSSR count). The zero-order valence-corrected chi connectivity index (χ0v) is 10.5. The minimum Gasteiger partial charge on any atom is -0.379 e. The molecule has 1 amide bonds. The summed E-state index contributed by atoms with van der Waals surface area (Å²) in [6, 6.07) is 0. The molecule has 1 atom stereocenters. The third-order valence-corrected chi connectivity index (χ3v) is 4.34. The number of nitrogens with zero attached hydrogens (tertiary/aromatic N) is 1. The largest absolute Gasteiger partial charge is 0.379 e. The van der Waals surface area contributed by atoms with E-state index >= 15 is 0 Å². The number of carbonyl (C=O) groups is 1. The molecule has 0 radical (unpaired) electrons. The molecule has 1 aliphatic heterocycles. The Hall–Kier alpha value is -0.610. The van der Waals surface area contributed by atoms with Gasteiger partial charge in [-0.3, -0.25) is 9.69 Å². The van der Waals surface area contributed by atoms with Crippen LogP contribution in [0.15, 0.2) is 0 Å². The monoisotopic (exact) mass is 240 g/mol. The van der Waals surface area contributed by atoms with Crippen molar-refractivity contribution >= 4 is 5.91 Å². The van der Waals surface area contributed by atoms with E-state index in [4.69, 9.17) is 5.73 Å². The SMILES string of the molecule is NC(=O)[C@@]1(O)CCCN(CCC2CCCC2)C1. The number of β-amino-alcohol motifs (C(OH)–C–C–N with tert-alkyl or cyclic N) is 1. The number of primary amides is 1. The highest BCUT2D eigenvalue weighted by molar-refractivity contribution is 5.83. The highest BCUT2D eigenvalue weighted by Gasteiger charge is 2.38. The molecule has 0 aromatic rings. The van der Waals surface area contributed by atoms with Crippen LogP contribution in [0.1, 0.15) is 44.9 Å². The maximum Gasteiger partial charge on any atom is 0.250 e. The summed E-state index contributed by atoms with van der Waals surface area (Å²) in [5.74, 6) is 0.293. The van der Waals surface area contributed by atoms with E-state index in [2.05, 4.69) is 4.90 Å². The number of amides is 1. The maximum atomic E-state index is 11.2. The van der Waals surface area contributed by atoms with Crippen LogP contribution in [0.25, 0.3) is 0 Å². The fraction of sp³-hybridized carbons (Fsp3) is 0.923. The summed E-state index contributed by atoms with van der Waals surface area (Å²) in [7, 11) is 0. The van der Waals surface area contributed by atoms with Crippen molar-refractivity contribution < 1.29 is 9.90 Å². The van der Waals surface area contributed by atoms with Gasteiger partial charge >= 0.3 is 0 Å². The van der Waals surface area contributed by atoms with Crippen molar-refractivity contribution in [3.8, 4) is 0 Å². The Bertz CT molecular complexity index is 277. The Morgan fingerprint density at radius 1 is 1.35 bits per heavy atom. The summed E-state index contributed by atoms with van der Waals surface area (Å²) in [6.07, 6.45) is 8.04. The second kappa shape index (κ2) is 5.36. The zero-order valence-electron chi connectivity index (χ0n) is 10.5. The van der Waals surface area contributed by atoms with Crippen molar-refractivity contribution in [1.82, 2.24) is 4.90 Å². The van der Waals surface area contributed by atoms with E-state index in [1.165, 1.54) is 32.1 Å². The third kappa shape index (κ3) is 3.19. The number of nitrogens with two attached hydrogens (primary N) is 1. The molecule has 1 aliphatic carbocycles. The number of hydrogen-bond donors (Lipinski definition) is 2. The standard InChI is InChI=1S/C13H24N2O2/c14-12(16)13(17)7-3-8-15(10-13)9-6-11-4-1-2-5-11/h11,17H,1-10H2,(H2,14,16)/t13-/m1/s1. The van der Waals surface area contributed by atoms with E-state index in [1.807, 2.05) is 0 Å². The van der Waals surface area contributed by atoms with E-state index in [9.17, 15) is 9.90 Å². The first kappa shape index (κ1) is 12.8. The molecule has 1 saturated heterocycles. The van der Waals surface area contributed by atoms with Crippen LogP contribution in [0.5, 0.6) is 0 Å². The molecule has 1 saturated carbocycles. The summed E-state index contributed by atoms with van der Waals surface area (Å²) in [5, 5.41) is 10.1. The predicted molar refractivity (Wildman–Crippen MR) is 66.4 cm³/mol. The second-order valence-electron chi connectivity index (χ2n) is 5.71. The lowest BCUT2D eigenvalue weighted by atomic mass is 9.91. The lowest BCUT2D eigenvalue weighted by Crippen LogP contribution is -2.55. The van der Waals surface area contributed by atoms with Crippen molar-refractivity contribution in [1.29, 1.82) is 0 Å². The second-order valence-corrected chi connectivity index (χ2v) is 5.71. The summed E-state index contributed by atoms with van der Waals surface area (Å²) >= 11 is 0. The maximum absolute atomic E-state index is 11.2. The van der Waals surface area contributed by atoms with Gasteiger partial charge in [-0.1, -0.05) is 25.7 Å². The van der Waals surface area contributed by atoms with Gasteiger partial charge in [-0.25, -0.2) is 0 Å². The first-order chi connectivity index (χ1) is 8.10. The summed E-state index contributed by atoms with van der Waals surface area (Å²) in [4.78, 5) is 13.4. The van der Waals surface area contributed by atoms with E-state index in [1.54, 1.807) is 0 Å². The van der Waals surface area contributed by atoms with E-state index in [0.29, 0.717) is 13.0 Å². The van der Waals surface area contributed by atoms with Gasteiger partial charge in [0, 0.05) is 6.54 Å². The predicted octanol–water partition coefficient (Wildman–Crippen LogP) is 0.879. The van der Waals surface area contributed by atoms with Crippen LogP contribution in [-0.4, -0.2) is 41.1 Å². The molecule has 4 nitrogen and oxygen atoms in total. The quantitative estimate of drug-likeness (QED) is 0.766. The highest BCUT2D eigenvalue weighted by Crippen LogP contribution is 2.28. The first-order valence-electron chi connectivity index (χ1n) is 6.85. The minimum absolute atomic E-state index is 0.426. The Balaban J connectivity index is 1.78. The summed E-state index contributed by atoms with van der Waals surface area (Å²) < 4.78 is 0. The number of aliphatic hydroxyl groups is 1. The van der Waals surface area contributed by atoms with Gasteiger partial charge < -0.3 is 10.8 Å². The molecule has 4 heteroatoms. The Labute approximate surface area is 103 Å². The van der Waals surface area contributed by atoms with Gasteiger partial charge in [-0.15, -0.1) is 0 Å². The van der Waals surface area contributed by atoms with Gasteiger partial charge in [-0.05, 0) is 38.3 Å². The van der Waals surface area contributed by atoms with Crippen LogP contribution in [0.2, 0.25) is 0 Å². The molecule has 0 bridgehead atoms. The van der Waals surface area contributed by atoms with Gasteiger partial charge in [0.25, 0.3) is 5.91 Å². The molecule has 0 aromatic carbocycles. The Morgan fingerprint density at radius 3 is 2.71 bits per heavy atom. The van der Waals surface area contributed by atoms with Gasteiger partial charge in [-0.2, -0.15) is 0 Å². The van der Waals surface area contributed by atoms with Gasteiger partial charge in [0.2, 0.25) is 0 Å². The molecule has 2 aliphatic rings. The lowest BCUT2D eigenvalue weighted by Gasteiger charge is -2.37. The molecule has 0 spiro atoms. The normalized spacial score (nSPS) is 31.8. The number of rotatable bonds is 4. The van der Waals surface area contributed by atoms with Gasteiger partial charge in [0.05, 0.1) is 0 Å². The first-order valence-corrected chi connectivity index (χ1v) is 6.85. The van der Waals surface area contributed by atoms with Crippen LogP contribution < -0.4 is 5.73 Å². The lowest BCUT2D eigenvalue weighted by molar-refractivity contribution is -0.142. The molecule has 2 fully saturated rings. The number of piperidine rings is 1. The van der Waals surface area contributed by atoms with E-state index in [0.717, 1.165) is 25.4 Å². The van der Waals surface area contributed by atoms with Crippen LogP contribution in [-0.2, 0) is 4.79 Å². The summed E-state index contributed by atoms with van der Waals surface area (Å²) in [5.41, 5.74) is 3.98. The number of carbonyl (C=O) groups excluding carboxylic acids is 1. The topological polar surface area (TPSA) is 66.6 Å². The fourth-order valence-electron chi connectivity index (χ4n) is 3.18. The van der Waals surface area contributed by atoms with Crippen molar-refractivity contribution in [2.45, 2.75) is 50.5 Å². The average Bonchev–Trinajstić information content (AvgIpc) is 2.79. The number of hydrogen-bond acceptors (Lipinski definition) is 3. The van der Waals surface area contributed by atoms with Crippen LogP contribution in [0.3, 0.4) is 0 Å². The molecular formula is C13H24N2O2. The fourth-order valence-corrected chi connectivity index (χ4v) is 3.18. The molecule has 1 heterocycles. The average molecular weight is 240 g/mol. The van der Waals surface area contributed by atoms with Crippen LogP contribution in [0, 0.1) is 5.92 Å². The molecular weight excluding hydrogens is 216 g/mol. The molecule has 3 N–H and O–H groups in total. The summed E-state index contributed by atoms with van der Waals surface area (Å²) in [6.45, 7) is 2.41. The Kier molecular flexibility index (Phi) is 4.05. The van der Waals surface area contributed by atoms with E-state index < -0.39 is 11.5 Å². The van der Waals surface area contributed by atoms with Gasteiger partial charge in [0.15, 0.2) is 5.60 Å². The highest BCUT2D eigenvalue weighted by atomic mass is 16.3. The van der Waals surface area contributed by atoms with Crippen molar-refractivity contribution in [2.75, 3.05) is 19.6 Å². The zero-order chi connectivity index (χ0) is 12.3. The molecule has 0 aromatic heterocycles. The van der Waals surface area contributed by atoms with Gasteiger partial charge in [0.1, 0.15) is 0 Å². The minimum atomic E-state index is -1.28. The van der Waals surface area contributed by atoms with Crippen molar-refractivity contribution in [2.24, 2.45) is 11.7 Å². The van der Waals surface area contributed by atoms with Crippen molar-refractivity contribution in [3.63, 3.8) is 0 Å². The smallest absolute Gasteiger partial charge is 0.250 e. The molecule has 98 valence electrons. The third-order valence-electron chi connectivity index (χ3n) is 4.34. The molecule has 17 heavy (non-hydrogen) atoms. The Morgan fingerprint density at radius 2 is 2.06 bits per heavy atom. The number of likely N-dealkylation sites (tertiary alicyclic amines) is 1.